The molecule has 0 radical (unpaired) electrons. The highest BCUT2D eigenvalue weighted by Gasteiger charge is 2.26. The summed E-state index contributed by atoms with van der Waals surface area (Å²) in [7, 11) is 0. The summed E-state index contributed by atoms with van der Waals surface area (Å²) in [5.74, 6) is -0.903. The molecule has 0 aliphatic carbocycles. The van der Waals surface area contributed by atoms with Crippen molar-refractivity contribution in [3.05, 3.63) is 30.3 Å². The minimum Gasteiger partial charge on any atom is -0.481 e. The highest BCUT2D eigenvalue weighted by Crippen LogP contribution is 2.25. The predicted molar refractivity (Wildman–Crippen MR) is 73.5 cm³/mol. The van der Waals surface area contributed by atoms with E-state index >= 15 is 0 Å². The number of rotatable bonds is 3. The SMILES string of the molecule is CC(C)(C)N(C(=S)CC(=O)O)c1ccccc1. The molecule has 1 aromatic rings. The normalized spacial score (nSPS) is 11.0. The third-order valence-corrected chi connectivity index (χ3v) is 2.56. The lowest BCUT2D eigenvalue weighted by Gasteiger charge is -2.37. The number of benzene rings is 1. The maximum atomic E-state index is 10.8. The number of hydrogen-bond donors (Lipinski definition) is 1. The van der Waals surface area contributed by atoms with E-state index in [1.165, 1.54) is 0 Å². The zero-order valence-electron chi connectivity index (χ0n) is 10.3. The van der Waals surface area contributed by atoms with E-state index in [2.05, 4.69) is 0 Å². The van der Waals surface area contributed by atoms with Crippen LogP contribution in [-0.4, -0.2) is 21.6 Å². The molecule has 0 spiro atoms. The van der Waals surface area contributed by atoms with Crippen LogP contribution in [0.1, 0.15) is 27.2 Å². The number of anilines is 1. The zero-order chi connectivity index (χ0) is 13.1. The summed E-state index contributed by atoms with van der Waals surface area (Å²) in [6.45, 7) is 6.02. The Hall–Kier alpha value is -1.42. The number of nitrogens with zero attached hydrogens (tertiary/aromatic N) is 1. The Balaban J connectivity index is 3.06. The molecule has 0 amide bonds. The van der Waals surface area contributed by atoms with Crippen molar-refractivity contribution in [1.29, 1.82) is 0 Å². The molecule has 1 aromatic carbocycles. The Kier molecular flexibility index (Phi) is 4.23. The molecule has 0 aliphatic heterocycles. The van der Waals surface area contributed by atoms with Crippen molar-refractivity contribution in [2.75, 3.05) is 4.90 Å². The number of carboxylic acid groups (broad SMARTS) is 1. The third-order valence-electron chi connectivity index (χ3n) is 2.24. The van der Waals surface area contributed by atoms with Crippen LogP contribution in [0.3, 0.4) is 0 Å². The van der Waals surface area contributed by atoms with Gasteiger partial charge in [0.25, 0.3) is 0 Å². The molecule has 1 rings (SSSR count). The fourth-order valence-corrected chi connectivity index (χ4v) is 2.19. The van der Waals surface area contributed by atoms with Gasteiger partial charge in [-0.2, -0.15) is 0 Å². The molecule has 17 heavy (non-hydrogen) atoms. The molecule has 0 saturated heterocycles. The fourth-order valence-electron chi connectivity index (χ4n) is 1.69. The molecule has 0 aromatic heterocycles. The number of carbonyl (C=O) groups is 1. The molecule has 92 valence electrons. The van der Waals surface area contributed by atoms with Gasteiger partial charge in [-0.25, -0.2) is 0 Å². The molecule has 0 unspecified atom stereocenters. The van der Waals surface area contributed by atoms with E-state index in [9.17, 15) is 4.79 Å². The third kappa shape index (κ3) is 3.82. The van der Waals surface area contributed by atoms with Crippen LogP contribution >= 0.6 is 12.2 Å². The van der Waals surface area contributed by atoms with Gasteiger partial charge in [-0.1, -0.05) is 30.4 Å². The molecule has 0 fully saturated rings. The first-order valence-corrected chi connectivity index (χ1v) is 5.83. The summed E-state index contributed by atoms with van der Waals surface area (Å²) in [6.07, 6.45) is -0.124. The average Bonchev–Trinajstić information content (AvgIpc) is 2.15. The van der Waals surface area contributed by atoms with Gasteiger partial charge in [0.15, 0.2) is 0 Å². The summed E-state index contributed by atoms with van der Waals surface area (Å²) in [6, 6.07) is 9.61. The Labute approximate surface area is 107 Å². The summed E-state index contributed by atoms with van der Waals surface area (Å²) in [5, 5.41) is 8.83. The van der Waals surface area contributed by atoms with Crippen LogP contribution in [-0.2, 0) is 4.79 Å². The van der Waals surface area contributed by atoms with E-state index < -0.39 is 5.97 Å². The van der Waals surface area contributed by atoms with Crippen molar-refractivity contribution in [2.45, 2.75) is 32.7 Å². The number of hydrogen-bond acceptors (Lipinski definition) is 2. The Bertz CT molecular complexity index is 409. The summed E-state index contributed by atoms with van der Waals surface area (Å²) in [4.78, 5) is 13.1. The van der Waals surface area contributed by atoms with E-state index in [4.69, 9.17) is 17.3 Å². The summed E-state index contributed by atoms with van der Waals surface area (Å²) < 4.78 is 0. The van der Waals surface area contributed by atoms with Crippen LogP contribution in [0.15, 0.2) is 30.3 Å². The molecule has 0 aliphatic rings. The lowest BCUT2D eigenvalue weighted by Crippen LogP contribution is -2.45. The fraction of sp³-hybridized carbons (Fsp3) is 0.385. The van der Waals surface area contributed by atoms with Crippen molar-refractivity contribution < 1.29 is 9.90 Å². The van der Waals surface area contributed by atoms with Crippen molar-refractivity contribution in [3.63, 3.8) is 0 Å². The standard InChI is InChI=1S/C13H17NO2S/c1-13(2,3)14(11(17)9-12(15)16)10-7-5-4-6-8-10/h4-8H,9H2,1-3H3,(H,15,16). The van der Waals surface area contributed by atoms with Crippen LogP contribution in [0, 0.1) is 0 Å². The Morgan fingerprint density at radius 1 is 1.29 bits per heavy atom. The van der Waals surface area contributed by atoms with Gasteiger partial charge in [-0.05, 0) is 32.9 Å². The van der Waals surface area contributed by atoms with E-state index in [1.807, 2.05) is 56.0 Å². The number of para-hydroxylation sites is 1. The molecule has 0 heterocycles. The largest absolute Gasteiger partial charge is 0.481 e. The smallest absolute Gasteiger partial charge is 0.310 e. The van der Waals surface area contributed by atoms with Gasteiger partial charge in [-0.15, -0.1) is 0 Å². The first kappa shape index (κ1) is 13.6. The molecule has 1 N–H and O–H groups in total. The van der Waals surface area contributed by atoms with E-state index in [0.717, 1.165) is 5.69 Å². The van der Waals surface area contributed by atoms with Crippen LogP contribution in [0.5, 0.6) is 0 Å². The van der Waals surface area contributed by atoms with Crippen molar-refractivity contribution in [1.82, 2.24) is 0 Å². The Morgan fingerprint density at radius 2 is 1.82 bits per heavy atom. The van der Waals surface area contributed by atoms with Gasteiger partial charge in [0.2, 0.25) is 0 Å². The van der Waals surface area contributed by atoms with Gasteiger partial charge in [0, 0.05) is 11.2 Å². The van der Waals surface area contributed by atoms with E-state index in [1.54, 1.807) is 0 Å². The molecule has 0 atom stereocenters. The molecule has 0 bridgehead atoms. The number of carboxylic acids is 1. The molecule has 4 heteroatoms. The predicted octanol–water partition coefficient (Wildman–Crippen LogP) is 3.09. The Morgan fingerprint density at radius 3 is 2.24 bits per heavy atom. The van der Waals surface area contributed by atoms with Gasteiger partial charge >= 0.3 is 5.97 Å². The van der Waals surface area contributed by atoms with Crippen LogP contribution in [0.2, 0.25) is 0 Å². The highest BCUT2D eigenvalue weighted by molar-refractivity contribution is 7.80. The van der Waals surface area contributed by atoms with Crippen molar-refractivity contribution in [3.8, 4) is 0 Å². The quantitative estimate of drug-likeness (QED) is 0.838. The lowest BCUT2D eigenvalue weighted by atomic mass is 10.0. The minimum atomic E-state index is -0.903. The second kappa shape index (κ2) is 5.27. The molecule has 3 nitrogen and oxygen atoms in total. The van der Waals surface area contributed by atoms with Crippen LogP contribution in [0.25, 0.3) is 0 Å². The van der Waals surface area contributed by atoms with Gasteiger partial charge in [0.05, 0.1) is 11.4 Å². The maximum absolute atomic E-state index is 10.8. The summed E-state index contributed by atoms with van der Waals surface area (Å²) >= 11 is 5.23. The van der Waals surface area contributed by atoms with E-state index in [0.29, 0.717) is 4.99 Å². The van der Waals surface area contributed by atoms with Crippen molar-refractivity contribution >= 4 is 28.9 Å². The van der Waals surface area contributed by atoms with Crippen molar-refractivity contribution in [2.24, 2.45) is 0 Å². The zero-order valence-corrected chi connectivity index (χ0v) is 11.1. The minimum absolute atomic E-state index is 0.124. The molecule has 0 saturated carbocycles. The van der Waals surface area contributed by atoms with Crippen LogP contribution in [0.4, 0.5) is 5.69 Å². The molecular weight excluding hydrogens is 234 g/mol. The summed E-state index contributed by atoms with van der Waals surface area (Å²) in [5.41, 5.74) is 0.680. The number of aliphatic carboxylic acids is 1. The number of thiocarbonyl (C=S) groups is 1. The monoisotopic (exact) mass is 251 g/mol. The highest BCUT2D eigenvalue weighted by atomic mass is 32.1. The second-order valence-corrected chi connectivity index (χ2v) is 5.28. The first-order chi connectivity index (χ1) is 7.82. The molecular formula is C13H17NO2S. The van der Waals surface area contributed by atoms with E-state index in [-0.39, 0.29) is 12.0 Å². The topological polar surface area (TPSA) is 40.5 Å². The second-order valence-electron chi connectivity index (χ2n) is 4.81. The van der Waals surface area contributed by atoms with Crippen LogP contribution < -0.4 is 4.90 Å². The van der Waals surface area contributed by atoms with Gasteiger partial charge < -0.3 is 10.0 Å². The van der Waals surface area contributed by atoms with Gasteiger partial charge in [0.1, 0.15) is 0 Å². The lowest BCUT2D eigenvalue weighted by molar-refractivity contribution is -0.135. The maximum Gasteiger partial charge on any atom is 0.310 e. The first-order valence-electron chi connectivity index (χ1n) is 5.42. The van der Waals surface area contributed by atoms with Gasteiger partial charge in [-0.3, -0.25) is 4.79 Å². The average molecular weight is 251 g/mol.